The Morgan fingerprint density at radius 2 is 2.00 bits per heavy atom. The van der Waals surface area contributed by atoms with Gasteiger partial charge in [-0.15, -0.1) is 11.3 Å². The lowest BCUT2D eigenvalue weighted by molar-refractivity contribution is -0.137. The average molecular weight is 265 g/mol. The van der Waals surface area contributed by atoms with Crippen LogP contribution in [0, 0.1) is 5.41 Å². The zero-order valence-electron chi connectivity index (χ0n) is 9.64. The van der Waals surface area contributed by atoms with Gasteiger partial charge in [0.1, 0.15) is 5.60 Å². The molecule has 1 atom stereocenters. The van der Waals surface area contributed by atoms with Gasteiger partial charge in [0.15, 0.2) is 5.01 Å². The molecule has 1 aliphatic carbocycles. The summed E-state index contributed by atoms with van der Waals surface area (Å²) in [5, 5.41) is 9.50. The molecule has 1 aromatic heterocycles. The third-order valence-electron chi connectivity index (χ3n) is 3.19. The topological polar surface area (TPSA) is 33.1 Å². The maximum absolute atomic E-state index is 12.4. The second kappa shape index (κ2) is 3.68. The lowest BCUT2D eigenvalue weighted by atomic mass is 9.89. The van der Waals surface area contributed by atoms with E-state index in [1.807, 2.05) is 13.8 Å². The third kappa shape index (κ3) is 2.47. The van der Waals surface area contributed by atoms with Crippen molar-refractivity contribution in [2.45, 2.75) is 44.9 Å². The molecule has 0 spiro atoms. The fourth-order valence-corrected chi connectivity index (χ4v) is 3.24. The van der Waals surface area contributed by atoms with Gasteiger partial charge in [0.05, 0.1) is 4.88 Å². The number of hydrogen-bond donors (Lipinski definition) is 1. The van der Waals surface area contributed by atoms with Crippen LogP contribution in [0.3, 0.4) is 0 Å². The van der Waals surface area contributed by atoms with E-state index in [9.17, 15) is 18.3 Å². The van der Waals surface area contributed by atoms with Gasteiger partial charge in [0.2, 0.25) is 0 Å². The van der Waals surface area contributed by atoms with Crippen LogP contribution in [0.5, 0.6) is 0 Å². The summed E-state index contributed by atoms with van der Waals surface area (Å²) in [6.07, 6.45) is -1.47. The Labute approximate surface area is 101 Å². The van der Waals surface area contributed by atoms with Crippen molar-refractivity contribution in [1.29, 1.82) is 0 Å². The molecule has 0 amide bonds. The first-order valence-electron chi connectivity index (χ1n) is 5.38. The maximum atomic E-state index is 12.4. The molecule has 0 saturated heterocycles. The lowest BCUT2D eigenvalue weighted by Gasteiger charge is -2.23. The molecular formula is C11H14F3NOS. The number of thiazole rings is 1. The minimum Gasteiger partial charge on any atom is -0.384 e. The predicted octanol–water partition coefficient (Wildman–Crippen LogP) is 3.56. The van der Waals surface area contributed by atoms with Crippen molar-refractivity contribution in [3.8, 4) is 0 Å². The van der Waals surface area contributed by atoms with Gasteiger partial charge in [0, 0.05) is 6.20 Å². The molecule has 1 aliphatic rings. The van der Waals surface area contributed by atoms with E-state index in [1.165, 1.54) is 0 Å². The van der Waals surface area contributed by atoms with E-state index in [1.54, 1.807) is 0 Å². The van der Waals surface area contributed by atoms with Crippen molar-refractivity contribution in [3.63, 3.8) is 0 Å². The zero-order valence-corrected chi connectivity index (χ0v) is 10.5. The van der Waals surface area contributed by atoms with E-state index in [0.717, 1.165) is 12.6 Å². The van der Waals surface area contributed by atoms with Gasteiger partial charge in [-0.25, -0.2) is 4.98 Å². The van der Waals surface area contributed by atoms with Crippen LogP contribution in [0.4, 0.5) is 13.2 Å². The van der Waals surface area contributed by atoms with Crippen molar-refractivity contribution in [3.05, 3.63) is 16.1 Å². The molecule has 2 nitrogen and oxygen atoms in total. The van der Waals surface area contributed by atoms with Crippen LogP contribution in [0.1, 0.15) is 43.0 Å². The van der Waals surface area contributed by atoms with Gasteiger partial charge in [0.25, 0.3) is 0 Å². The standard InChI is InChI=1S/C11H14F3NOS/c1-9(2)3-4-10(16,6-9)7-5-15-8(17-7)11(12,13)14/h5,16H,3-4,6H2,1-2H3. The number of rotatable bonds is 1. The number of aromatic nitrogens is 1. The highest BCUT2D eigenvalue weighted by Gasteiger charge is 2.45. The average Bonchev–Trinajstić information content (AvgIpc) is 2.70. The highest BCUT2D eigenvalue weighted by molar-refractivity contribution is 7.11. The molecule has 0 radical (unpaired) electrons. The molecular weight excluding hydrogens is 251 g/mol. The van der Waals surface area contributed by atoms with Crippen LogP contribution in [0.2, 0.25) is 0 Å². The number of halogens is 3. The van der Waals surface area contributed by atoms with Crippen molar-refractivity contribution in [1.82, 2.24) is 4.98 Å². The minimum atomic E-state index is -4.42. The Morgan fingerprint density at radius 3 is 2.41 bits per heavy atom. The minimum absolute atomic E-state index is 0.0306. The third-order valence-corrected chi connectivity index (χ3v) is 4.43. The smallest absolute Gasteiger partial charge is 0.384 e. The van der Waals surface area contributed by atoms with Gasteiger partial charge < -0.3 is 5.11 Å². The van der Waals surface area contributed by atoms with Crippen LogP contribution >= 0.6 is 11.3 Å². The number of nitrogens with zero attached hydrogens (tertiary/aromatic N) is 1. The van der Waals surface area contributed by atoms with Gasteiger partial charge in [-0.05, 0) is 24.7 Å². The van der Waals surface area contributed by atoms with E-state index in [2.05, 4.69) is 4.98 Å². The van der Waals surface area contributed by atoms with Gasteiger partial charge in [-0.1, -0.05) is 13.8 Å². The molecule has 1 aromatic rings. The molecule has 1 N–H and O–H groups in total. The Kier molecular flexibility index (Phi) is 2.78. The molecule has 6 heteroatoms. The fourth-order valence-electron chi connectivity index (χ4n) is 2.34. The second-order valence-corrected chi connectivity index (χ2v) is 6.43. The largest absolute Gasteiger partial charge is 0.443 e. The summed E-state index contributed by atoms with van der Waals surface area (Å²) < 4.78 is 37.3. The van der Waals surface area contributed by atoms with E-state index < -0.39 is 16.8 Å². The van der Waals surface area contributed by atoms with E-state index in [0.29, 0.717) is 29.1 Å². The highest BCUT2D eigenvalue weighted by Crippen LogP contribution is 2.50. The quantitative estimate of drug-likeness (QED) is 0.842. The van der Waals surface area contributed by atoms with Crippen LogP contribution in [-0.2, 0) is 11.8 Å². The Balaban J connectivity index is 2.27. The Morgan fingerprint density at radius 1 is 1.35 bits per heavy atom. The van der Waals surface area contributed by atoms with Crippen molar-refractivity contribution in [2.24, 2.45) is 5.41 Å². The lowest BCUT2D eigenvalue weighted by Crippen LogP contribution is -2.21. The maximum Gasteiger partial charge on any atom is 0.443 e. The summed E-state index contributed by atoms with van der Waals surface area (Å²) in [5.74, 6) is 0. The first-order chi connectivity index (χ1) is 7.62. The summed E-state index contributed by atoms with van der Waals surface area (Å²) >= 11 is 0.551. The van der Waals surface area contributed by atoms with Crippen LogP contribution in [-0.4, -0.2) is 10.1 Å². The molecule has 1 saturated carbocycles. The van der Waals surface area contributed by atoms with Crippen molar-refractivity contribution in [2.75, 3.05) is 0 Å². The van der Waals surface area contributed by atoms with Gasteiger partial charge in [-0.2, -0.15) is 13.2 Å². The summed E-state index contributed by atoms with van der Waals surface area (Å²) in [7, 11) is 0. The van der Waals surface area contributed by atoms with Crippen LogP contribution in [0.15, 0.2) is 6.20 Å². The number of alkyl halides is 3. The van der Waals surface area contributed by atoms with Gasteiger partial charge >= 0.3 is 6.18 Å². The fraction of sp³-hybridized carbons (Fsp3) is 0.727. The Hall–Kier alpha value is -0.620. The molecule has 0 aromatic carbocycles. The van der Waals surface area contributed by atoms with Gasteiger partial charge in [-0.3, -0.25) is 0 Å². The second-order valence-electron chi connectivity index (χ2n) is 5.40. The zero-order chi connectivity index (χ0) is 12.9. The normalized spacial score (nSPS) is 28.6. The molecule has 1 heterocycles. The molecule has 17 heavy (non-hydrogen) atoms. The van der Waals surface area contributed by atoms with Crippen molar-refractivity contribution >= 4 is 11.3 Å². The summed E-state index contributed by atoms with van der Waals surface area (Å²) in [6, 6.07) is 0. The van der Waals surface area contributed by atoms with Crippen LogP contribution in [0.25, 0.3) is 0 Å². The number of hydrogen-bond acceptors (Lipinski definition) is 3. The molecule has 96 valence electrons. The molecule has 0 bridgehead atoms. The van der Waals surface area contributed by atoms with E-state index in [-0.39, 0.29) is 5.41 Å². The molecule has 2 rings (SSSR count). The monoisotopic (exact) mass is 265 g/mol. The summed E-state index contributed by atoms with van der Waals surface area (Å²) in [4.78, 5) is 3.69. The van der Waals surface area contributed by atoms with E-state index >= 15 is 0 Å². The number of aliphatic hydroxyl groups is 1. The SMILES string of the molecule is CC1(C)CCC(O)(c2cnc(C(F)(F)F)s2)C1. The highest BCUT2D eigenvalue weighted by atomic mass is 32.1. The molecule has 1 fully saturated rings. The van der Waals surface area contributed by atoms with Crippen molar-refractivity contribution < 1.29 is 18.3 Å². The van der Waals surface area contributed by atoms with E-state index in [4.69, 9.17) is 0 Å². The summed E-state index contributed by atoms with van der Waals surface area (Å²) in [6.45, 7) is 4.02. The molecule has 0 aliphatic heterocycles. The summed E-state index contributed by atoms with van der Waals surface area (Å²) in [5.41, 5.74) is -1.16. The predicted molar refractivity (Wildman–Crippen MR) is 58.6 cm³/mol. The first-order valence-corrected chi connectivity index (χ1v) is 6.20. The van der Waals surface area contributed by atoms with Crippen LogP contribution < -0.4 is 0 Å². The Bertz CT molecular complexity index is 427. The first kappa shape index (κ1) is 12.8. The molecule has 1 unspecified atom stereocenters.